The van der Waals surface area contributed by atoms with E-state index in [-0.39, 0.29) is 5.82 Å². The molecule has 0 fully saturated rings. The van der Waals surface area contributed by atoms with Gasteiger partial charge >= 0.3 is 0 Å². The number of nitrogens with zero attached hydrogens (tertiary/aromatic N) is 3. The van der Waals surface area contributed by atoms with E-state index in [1.165, 1.54) is 17.7 Å². The summed E-state index contributed by atoms with van der Waals surface area (Å²) in [5.41, 5.74) is 4.86. The van der Waals surface area contributed by atoms with E-state index < -0.39 is 0 Å². The van der Waals surface area contributed by atoms with Crippen LogP contribution >= 0.6 is 0 Å². The van der Waals surface area contributed by atoms with Crippen LogP contribution in [0.5, 0.6) is 0 Å². The first-order valence-corrected chi connectivity index (χ1v) is 9.33. The normalized spacial score (nSPS) is 11.4. The second kappa shape index (κ2) is 8.97. The maximum Gasteiger partial charge on any atom is 0.142 e. The van der Waals surface area contributed by atoms with E-state index in [0.29, 0.717) is 18.9 Å². The van der Waals surface area contributed by atoms with Crippen molar-refractivity contribution >= 4 is 5.71 Å². The van der Waals surface area contributed by atoms with Gasteiger partial charge in [0.25, 0.3) is 0 Å². The molecular weight excluding hydrogens is 365 g/mol. The van der Waals surface area contributed by atoms with Crippen LogP contribution in [0.1, 0.15) is 11.1 Å². The number of imidazole rings is 1. The maximum atomic E-state index is 13.3. The van der Waals surface area contributed by atoms with Crippen molar-refractivity contribution in [2.24, 2.45) is 5.16 Å². The number of oxime groups is 1. The maximum absolute atomic E-state index is 13.3. The van der Waals surface area contributed by atoms with Gasteiger partial charge < -0.3 is 9.40 Å². The quantitative estimate of drug-likeness (QED) is 0.319. The number of halogens is 1. The Balaban J connectivity index is 1.46. The number of rotatable bonds is 7. The summed E-state index contributed by atoms with van der Waals surface area (Å²) in [6.45, 7) is 0.836. The molecule has 0 unspecified atom stereocenters. The van der Waals surface area contributed by atoms with Crippen molar-refractivity contribution < 1.29 is 9.23 Å². The molecule has 29 heavy (non-hydrogen) atoms. The first kappa shape index (κ1) is 18.6. The number of aromatic nitrogens is 2. The molecule has 0 saturated heterocycles. The third-order valence-electron chi connectivity index (χ3n) is 4.54. The van der Waals surface area contributed by atoms with Crippen LogP contribution in [0.4, 0.5) is 4.39 Å². The van der Waals surface area contributed by atoms with E-state index in [9.17, 15) is 4.39 Å². The van der Waals surface area contributed by atoms with Gasteiger partial charge in [0.15, 0.2) is 0 Å². The molecule has 0 atom stereocenters. The van der Waals surface area contributed by atoms with Crippen molar-refractivity contribution in [3.05, 3.63) is 115 Å². The molecule has 4 aromatic rings. The Morgan fingerprint density at radius 3 is 2.31 bits per heavy atom. The lowest BCUT2D eigenvalue weighted by Gasteiger charge is -2.09. The summed E-state index contributed by atoms with van der Waals surface area (Å²) in [6.07, 6.45) is 5.26. The van der Waals surface area contributed by atoms with Crippen molar-refractivity contribution in [1.82, 2.24) is 9.55 Å². The molecule has 5 heteroatoms. The summed E-state index contributed by atoms with van der Waals surface area (Å²) in [5.74, 6) is -0.282. The third kappa shape index (κ3) is 4.96. The zero-order valence-corrected chi connectivity index (χ0v) is 15.8. The molecule has 0 aliphatic rings. The summed E-state index contributed by atoms with van der Waals surface area (Å²) in [4.78, 5) is 9.67. The lowest BCUT2D eigenvalue weighted by atomic mass is 10.0. The zero-order chi connectivity index (χ0) is 19.9. The van der Waals surface area contributed by atoms with Crippen LogP contribution in [0, 0.1) is 5.82 Å². The fraction of sp³-hybridized carbons (Fsp3) is 0.0833. The average Bonchev–Trinajstić information content (AvgIpc) is 3.28. The first-order valence-electron chi connectivity index (χ1n) is 9.33. The highest BCUT2D eigenvalue weighted by atomic mass is 19.1. The van der Waals surface area contributed by atoms with E-state index >= 15 is 0 Å². The van der Waals surface area contributed by atoms with Crippen molar-refractivity contribution in [2.75, 3.05) is 0 Å². The molecule has 0 N–H and O–H groups in total. The van der Waals surface area contributed by atoms with Gasteiger partial charge in [0.05, 0.1) is 12.9 Å². The summed E-state index contributed by atoms with van der Waals surface area (Å²) in [5, 5.41) is 4.32. The van der Waals surface area contributed by atoms with Crippen molar-refractivity contribution in [2.45, 2.75) is 13.2 Å². The largest absolute Gasteiger partial charge is 0.391 e. The van der Waals surface area contributed by atoms with Crippen LogP contribution in [-0.4, -0.2) is 15.3 Å². The lowest BCUT2D eigenvalue weighted by molar-refractivity contribution is 0.130. The van der Waals surface area contributed by atoms with Crippen molar-refractivity contribution in [3.63, 3.8) is 0 Å². The molecule has 4 rings (SSSR count). The Morgan fingerprint density at radius 1 is 0.897 bits per heavy atom. The average molecular weight is 385 g/mol. The smallest absolute Gasteiger partial charge is 0.142 e. The molecule has 0 amide bonds. The van der Waals surface area contributed by atoms with Gasteiger partial charge in [-0.15, -0.1) is 0 Å². The SMILES string of the molecule is Fc1ccc(/C(Cn2ccnc2)=N/OCc2ccc(-c3ccccc3)cc2)cc1. The highest BCUT2D eigenvalue weighted by Gasteiger charge is 2.07. The Labute approximate surface area is 168 Å². The molecule has 144 valence electrons. The summed E-state index contributed by atoms with van der Waals surface area (Å²) in [6, 6.07) is 24.7. The fourth-order valence-corrected chi connectivity index (χ4v) is 2.98. The zero-order valence-electron chi connectivity index (χ0n) is 15.8. The van der Waals surface area contributed by atoms with Crippen molar-refractivity contribution in [3.8, 4) is 11.1 Å². The molecule has 0 bridgehead atoms. The number of benzene rings is 3. The fourth-order valence-electron chi connectivity index (χ4n) is 2.98. The van der Waals surface area contributed by atoms with Crippen LogP contribution in [0.3, 0.4) is 0 Å². The molecule has 1 heterocycles. The van der Waals surface area contributed by atoms with Gasteiger partial charge in [0, 0.05) is 18.0 Å². The van der Waals surface area contributed by atoms with E-state index in [1.807, 2.05) is 41.1 Å². The van der Waals surface area contributed by atoms with Gasteiger partial charge in [-0.25, -0.2) is 9.37 Å². The predicted octanol–water partition coefficient (Wildman–Crippen LogP) is 5.31. The van der Waals surface area contributed by atoms with Gasteiger partial charge in [-0.1, -0.05) is 71.9 Å². The summed E-state index contributed by atoms with van der Waals surface area (Å²) >= 11 is 0. The molecule has 0 radical (unpaired) electrons. The predicted molar refractivity (Wildman–Crippen MR) is 112 cm³/mol. The van der Waals surface area contributed by atoms with E-state index in [4.69, 9.17) is 4.84 Å². The van der Waals surface area contributed by atoms with Gasteiger partial charge in [-0.2, -0.15) is 0 Å². The van der Waals surface area contributed by atoms with Crippen LogP contribution in [0.15, 0.2) is 103 Å². The van der Waals surface area contributed by atoms with Gasteiger partial charge in [-0.05, 0) is 28.8 Å². The number of hydrogen-bond donors (Lipinski definition) is 0. The summed E-state index contributed by atoms with van der Waals surface area (Å²) < 4.78 is 15.2. The Hall–Kier alpha value is -3.73. The highest BCUT2D eigenvalue weighted by molar-refractivity contribution is 6.00. The van der Waals surface area contributed by atoms with E-state index in [2.05, 4.69) is 34.4 Å². The van der Waals surface area contributed by atoms with Crippen molar-refractivity contribution in [1.29, 1.82) is 0 Å². The summed E-state index contributed by atoms with van der Waals surface area (Å²) in [7, 11) is 0. The minimum absolute atomic E-state index is 0.282. The Morgan fingerprint density at radius 2 is 1.62 bits per heavy atom. The Bertz CT molecular complexity index is 1060. The van der Waals surface area contributed by atoms with Crippen LogP contribution in [-0.2, 0) is 18.0 Å². The molecule has 1 aromatic heterocycles. The molecule has 0 spiro atoms. The van der Waals surface area contributed by atoms with Gasteiger partial charge in [-0.3, -0.25) is 0 Å². The van der Waals surface area contributed by atoms with Gasteiger partial charge in [0.1, 0.15) is 18.1 Å². The molecular formula is C24H20FN3O. The monoisotopic (exact) mass is 385 g/mol. The molecule has 4 nitrogen and oxygen atoms in total. The minimum atomic E-state index is -0.282. The van der Waals surface area contributed by atoms with E-state index in [0.717, 1.165) is 16.7 Å². The topological polar surface area (TPSA) is 39.4 Å². The minimum Gasteiger partial charge on any atom is -0.391 e. The third-order valence-corrected chi connectivity index (χ3v) is 4.54. The van der Waals surface area contributed by atoms with Crippen LogP contribution in [0.25, 0.3) is 11.1 Å². The molecule has 0 saturated carbocycles. The first-order chi connectivity index (χ1) is 14.3. The second-order valence-corrected chi connectivity index (χ2v) is 6.62. The molecule has 0 aliphatic heterocycles. The molecule has 0 aliphatic carbocycles. The van der Waals surface area contributed by atoms with Gasteiger partial charge in [0.2, 0.25) is 0 Å². The lowest BCUT2D eigenvalue weighted by Crippen LogP contribution is -2.11. The Kier molecular flexibility index (Phi) is 5.76. The van der Waals surface area contributed by atoms with Crippen LogP contribution < -0.4 is 0 Å². The van der Waals surface area contributed by atoms with E-state index in [1.54, 1.807) is 24.7 Å². The second-order valence-electron chi connectivity index (χ2n) is 6.62. The number of hydrogen-bond acceptors (Lipinski definition) is 3. The highest BCUT2D eigenvalue weighted by Crippen LogP contribution is 2.19. The molecule has 3 aromatic carbocycles. The van der Waals surface area contributed by atoms with Crippen LogP contribution in [0.2, 0.25) is 0 Å². The standard InChI is InChI=1S/C24H20FN3O/c25-23-12-10-22(11-13-23)24(16-28-15-14-26-18-28)27-29-17-19-6-8-21(9-7-19)20-4-2-1-3-5-20/h1-15,18H,16-17H2/b27-24+.